The van der Waals surface area contributed by atoms with E-state index in [-0.39, 0.29) is 17.9 Å². The van der Waals surface area contributed by atoms with Crippen molar-refractivity contribution < 1.29 is 14.6 Å². The molecule has 112 valence electrons. The van der Waals surface area contributed by atoms with Gasteiger partial charge in [0.25, 0.3) is 5.91 Å². The van der Waals surface area contributed by atoms with E-state index in [1.54, 1.807) is 6.92 Å². The van der Waals surface area contributed by atoms with Gasteiger partial charge in [-0.25, -0.2) is 0 Å². The van der Waals surface area contributed by atoms with Crippen LogP contribution in [0, 0.1) is 12.3 Å². The van der Waals surface area contributed by atoms with E-state index in [9.17, 15) is 4.79 Å². The lowest BCUT2D eigenvalue weighted by Gasteiger charge is -2.25. The summed E-state index contributed by atoms with van der Waals surface area (Å²) in [7, 11) is 0. The normalized spacial score (nSPS) is 12.8. The van der Waals surface area contributed by atoms with Crippen LogP contribution in [0.25, 0.3) is 0 Å². The van der Waals surface area contributed by atoms with Crippen LogP contribution in [-0.4, -0.2) is 30.3 Å². The first-order valence-corrected chi connectivity index (χ1v) is 6.96. The van der Waals surface area contributed by atoms with E-state index in [4.69, 9.17) is 9.84 Å². The summed E-state index contributed by atoms with van der Waals surface area (Å²) in [6, 6.07) is 7.63. The Labute approximate surface area is 121 Å². The molecule has 0 bridgehead atoms. The molecule has 1 amide bonds. The highest BCUT2D eigenvalue weighted by Crippen LogP contribution is 2.18. The SMILES string of the molecule is Cc1cccc(OC(C)C(=O)NCC(C)(C)CCO)c1. The van der Waals surface area contributed by atoms with Crippen LogP contribution in [0.3, 0.4) is 0 Å². The topological polar surface area (TPSA) is 58.6 Å². The third-order valence-electron chi connectivity index (χ3n) is 3.20. The lowest BCUT2D eigenvalue weighted by atomic mass is 9.90. The van der Waals surface area contributed by atoms with Crippen LogP contribution in [0.2, 0.25) is 0 Å². The molecular weight excluding hydrogens is 254 g/mol. The fraction of sp³-hybridized carbons (Fsp3) is 0.562. The average Bonchev–Trinajstić information content (AvgIpc) is 2.36. The summed E-state index contributed by atoms with van der Waals surface area (Å²) in [5, 5.41) is 11.8. The molecule has 4 nitrogen and oxygen atoms in total. The Balaban J connectivity index is 2.47. The fourth-order valence-corrected chi connectivity index (χ4v) is 1.81. The molecule has 20 heavy (non-hydrogen) atoms. The maximum Gasteiger partial charge on any atom is 0.260 e. The number of ether oxygens (including phenoxy) is 1. The summed E-state index contributed by atoms with van der Waals surface area (Å²) < 4.78 is 5.62. The maximum absolute atomic E-state index is 12.0. The molecule has 1 atom stereocenters. The number of aryl methyl sites for hydroxylation is 1. The number of hydrogen-bond donors (Lipinski definition) is 2. The van der Waals surface area contributed by atoms with Crippen molar-refractivity contribution >= 4 is 5.91 Å². The number of nitrogens with one attached hydrogen (secondary N) is 1. The molecule has 0 aliphatic rings. The highest BCUT2D eigenvalue weighted by atomic mass is 16.5. The van der Waals surface area contributed by atoms with E-state index in [0.717, 1.165) is 5.56 Å². The van der Waals surface area contributed by atoms with Crippen LogP contribution in [0.4, 0.5) is 0 Å². The molecule has 0 radical (unpaired) electrons. The molecule has 0 heterocycles. The van der Waals surface area contributed by atoms with Crippen LogP contribution in [0.1, 0.15) is 32.8 Å². The van der Waals surface area contributed by atoms with Crippen LogP contribution >= 0.6 is 0 Å². The van der Waals surface area contributed by atoms with Crippen LogP contribution in [0.5, 0.6) is 5.75 Å². The Morgan fingerprint density at radius 3 is 2.75 bits per heavy atom. The highest BCUT2D eigenvalue weighted by molar-refractivity contribution is 5.80. The minimum atomic E-state index is -0.540. The molecule has 0 saturated heterocycles. The van der Waals surface area contributed by atoms with Crippen LogP contribution < -0.4 is 10.1 Å². The van der Waals surface area contributed by atoms with Gasteiger partial charge in [-0.1, -0.05) is 26.0 Å². The Bertz CT molecular complexity index is 443. The second kappa shape index (κ2) is 7.29. The van der Waals surface area contributed by atoms with Crippen molar-refractivity contribution in [1.82, 2.24) is 5.32 Å². The molecule has 1 rings (SSSR count). The van der Waals surface area contributed by atoms with E-state index >= 15 is 0 Å². The summed E-state index contributed by atoms with van der Waals surface area (Å²) in [6.45, 7) is 8.38. The number of aliphatic hydroxyl groups excluding tert-OH is 1. The summed E-state index contributed by atoms with van der Waals surface area (Å²) in [5.74, 6) is 0.555. The van der Waals surface area contributed by atoms with E-state index < -0.39 is 6.10 Å². The van der Waals surface area contributed by atoms with E-state index in [1.807, 2.05) is 45.0 Å². The zero-order valence-corrected chi connectivity index (χ0v) is 12.8. The summed E-state index contributed by atoms with van der Waals surface area (Å²) in [6.07, 6.45) is 0.113. The monoisotopic (exact) mass is 279 g/mol. The third kappa shape index (κ3) is 5.61. The molecule has 1 unspecified atom stereocenters. The predicted molar refractivity (Wildman–Crippen MR) is 79.8 cm³/mol. The second-order valence-corrected chi connectivity index (χ2v) is 5.93. The van der Waals surface area contributed by atoms with Gasteiger partial charge in [0.15, 0.2) is 6.10 Å². The standard InChI is InChI=1S/C16H25NO3/c1-12-6-5-7-14(10-12)20-13(2)15(19)17-11-16(3,4)8-9-18/h5-7,10,13,18H,8-9,11H2,1-4H3,(H,17,19). The zero-order chi connectivity index (χ0) is 15.2. The van der Waals surface area contributed by atoms with E-state index in [0.29, 0.717) is 18.7 Å². The molecule has 0 aliphatic carbocycles. The molecule has 0 saturated carbocycles. The smallest absolute Gasteiger partial charge is 0.260 e. The average molecular weight is 279 g/mol. The Hall–Kier alpha value is -1.55. The first kappa shape index (κ1) is 16.5. The number of carbonyl (C=O) groups excluding carboxylic acids is 1. The van der Waals surface area contributed by atoms with Crippen molar-refractivity contribution in [2.75, 3.05) is 13.2 Å². The third-order valence-corrected chi connectivity index (χ3v) is 3.20. The van der Waals surface area contributed by atoms with Gasteiger partial charge in [0.1, 0.15) is 5.75 Å². The summed E-state index contributed by atoms with van der Waals surface area (Å²) >= 11 is 0. The molecule has 0 aliphatic heterocycles. The number of aliphatic hydroxyl groups is 1. The molecule has 0 aromatic heterocycles. The van der Waals surface area contributed by atoms with Gasteiger partial charge in [0.05, 0.1) is 0 Å². The predicted octanol–water partition coefficient (Wildman–Crippen LogP) is 2.29. The fourth-order valence-electron chi connectivity index (χ4n) is 1.81. The second-order valence-electron chi connectivity index (χ2n) is 5.93. The minimum absolute atomic E-state index is 0.118. The molecule has 0 spiro atoms. The van der Waals surface area contributed by atoms with Crippen molar-refractivity contribution in [3.8, 4) is 5.75 Å². The molecule has 4 heteroatoms. The first-order valence-electron chi connectivity index (χ1n) is 6.96. The van der Waals surface area contributed by atoms with E-state index in [1.165, 1.54) is 0 Å². The number of amides is 1. The number of benzene rings is 1. The molecular formula is C16H25NO3. The van der Waals surface area contributed by atoms with Gasteiger partial charge in [0.2, 0.25) is 0 Å². The molecule has 1 aromatic rings. The van der Waals surface area contributed by atoms with Gasteiger partial charge < -0.3 is 15.2 Å². The van der Waals surface area contributed by atoms with Crippen LogP contribution in [-0.2, 0) is 4.79 Å². The zero-order valence-electron chi connectivity index (χ0n) is 12.8. The molecule has 0 fully saturated rings. The summed E-state index contributed by atoms with van der Waals surface area (Å²) in [5.41, 5.74) is 0.979. The van der Waals surface area contributed by atoms with Gasteiger partial charge in [0, 0.05) is 13.2 Å². The highest BCUT2D eigenvalue weighted by Gasteiger charge is 2.21. The summed E-state index contributed by atoms with van der Waals surface area (Å²) in [4.78, 5) is 12.0. The number of carbonyl (C=O) groups is 1. The van der Waals surface area contributed by atoms with Gasteiger partial charge in [-0.2, -0.15) is 0 Å². The number of rotatable bonds is 7. The van der Waals surface area contributed by atoms with Crippen molar-refractivity contribution in [3.63, 3.8) is 0 Å². The lowest BCUT2D eigenvalue weighted by Crippen LogP contribution is -2.41. The minimum Gasteiger partial charge on any atom is -0.481 e. The molecule has 2 N–H and O–H groups in total. The molecule has 1 aromatic carbocycles. The Morgan fingerprint density at radius 2 is 2.15 bits per heavy atom. The quantitative estimate of drug-likeness (QED) is 0.805. The van der Waals surface area contributed by atoms with Crippen molar-refractivity contribution in [1.29, 1.82) is 0 Å². The van der Waals surface area contributed by atoms with Crippen LogP contribution in [0.15, 0.2) is 24.3 Å². The van der Waals surface area contributed by atoms with Gasteiger partial charge in [-0.05, 0) is 43.4 Å². The Morgan fingerprint density at radius 1 is 1.45 bits per heavy atom. The van der Waals surface area contributed by atoms with E-state index in [2.05, 4.69) is 5.32 Å². The van der Waals surface area contributed by atoms with Gasteiger partial charge in [-0.15, -0.1) is 0 Å². The van der Waals surface area contributed by atoms with Crippen molar-refractivity contribution in [2.24, 2.45) is 5.41 Å². The van der Waals surface area contributed by atoms with Gasteiger partial charge >= 0.3 is 0 Å². The lowest BCUT2D eigenvalue weighted by molar-refractivity contribution is -0.127. The van der Waals surface area contributed by atoms with Crippen molar-refractivity contribution in [2.45, 2.75) is 40.2 Å². The van der Waals surface area contributed by atoms with Crippen molar-refractivity contribution in [3.05, 3.63) is 29.8 Å². The van der Waals surface area contributed by atoms with Gasteiger partial charge in [-0.3, -0.25) is 4.79 Å². The maximum atomic E-state index is 12.0. The first-order chi connectivity index (χ1) is 9.34. The number of hydrogen-bond acceptors (Lipinski definition) is 3. The largest absolute Gasteiger partial charge is 0.481 e. The Kier molecular flexibility index (Phi) is 6.02.